The van der Waals surface area contributed by atoms with E-state index in [1.54, 1.807) is 30.5 Å². The minimum atomic E-state index is -0.369. The van der Waals surface area contributed by atoms with E-state index >= 15 is 0 Å². The van der Waals surface area contributed by atoms with Crippen LogP contribution in [-0.4, -0.2) is 34.3 Å². The van der Waals surface area contributed by atoms with Crippen molar-refractivity contribution in [1.82, 2.24) is 9.88 Å². The number of rotatable bonds is 6. The summed E-state index contributed by atoms with van der Waals surface area (Å²) in [4.78, 5) is 22.0. The Kier molecular flexibility index (Phi) is 6.78. The normalized spacial score (nSPS) is 14.2. The molecule has 2 heterocycles. The number of aromatic nitrogens is 1. The van der Waals surface area contributed by atoms with Gasteiger partial charge in [0.25, 0.3) is 5.56 Å². The molecule has 1 aliphatic heterocycles. The van der Waals surface area contributed by atoms with Crippen LogP contribution in [-0.2, 0) is 6.54 Å². The second-order valence-electron chi connectivity index (χ2n) is 9.05. The average Bonchev–Trinajstić information content (AvgIpc) is 2.90. The molecule has 1 aromatic heterocycles. The van der Waals surface area contributed by atoms with E-state index in [0.29, 0.717) is 21.9 Å². The maximum absolute atomic E-state index is 12.5. The average molecular weight is 478 g/mol. The lowest BCUT2D eigenvalue weighted by atomic mass is 10.1. The number of nitriles is 1. The number of pyridine rings is 1. The number of hydrogen-bond donors (Lipinski definition) is 3. The van der Waals surface area contributed by atoms with Crippen LogP contribution >= 0.6 is 0 Å². The van der Waals surface area contributed by atoms with Gasteiger partial charge in [-0.1, -0.05) is 18.6 Å². The van der Waals surface area contributed by atoms with Gasteiger partial charge in [0.05, 0.1) is 22.9 Å². The molecule has 0 atom stereocenters. The summed E-state index contributed by atoms with van der Waals surface area (Å²) in [5.41, 5.74) is 4.22. The Morgan fingerprint density at radius 2 is 1.69 bits per heavy atom. The van der Waals surface area contributed by atoms with E-state index < -0.39 is 0 Å². The van der Waals surface area contributed by atoms with Crippen LogP contribution in [0.4, 0.5) is 17.1 Å². The molecule has 0 bridgehead atoms. The van der Waals surface area contributed by atoms with Gasteiger partial charge in [-0.15, -0.1) is 0 Å². The summed E-state index contributed by atoms with van der Waals surface area (Å²) in [6.07, 6.45) is 5.44. The first-order valence-electron chi connectivity index (χ1n) is 12.1. The van der Waals surface area contributed by atoms with Gasteiger partial charge in [-0.05, 0) is 86.1 Å². The third-order valence-electron chi connectivity index (χ3n) is 6.48. The lowest BCUT2D eigenvalue weighted by molar-refractivity contribution is 0.221. The molecule has 0 radical (unpaired) electrons. The molecule has 0 unspecified atom stereocenters. The lowest BCUT2D eigenvalue weighted by Crippen LogP contribution is -2.28. The number of H-pyrrole nitrogens is 1. The molecule has 1 saturated heterocycles. The second-order valence-corrected chi connectivity index (χ2v) is 9.05. The Balaban J connectivity index is 1.40. The monoisotopic (exact) mass is 477 g/mol. The fourth-order valence-electron chi connectivity index (χ4n) is 4.54. The summed E-state index contributed by atoms with van der Waals surface area (Å²) in [5, 5.41) is 23.8. The molecule has 3 aromatic carbocycles. The molecule has 0 spiro atoms. The molecule has 7 heteroatoms. The standard InChI is InChI=1S/C29H27N5O2/c30-17-20-4-10-23(11-5-20)32-24-12-13-25-26(16-24)27(29(36)33-28(25)35)18-31-22-8-6-21(7-9-22)19-34-14-2-1-3-15-34/h4-13,16,18,32H,1-3,14-15,19H2,(H2,33,35,36). The summed E-state index contributed by atoms with van der Waals surface area (Å²) < 4.78 is 0. The zero-order valence-electron chi connectivity index (χ0n) is 19.9. The predicted octanol–water partition coefficient (Wildman–Crippen LogP) is 5.59. The van der Waals surface area contributed by atoms with Crippen molar-refractivity contribution in [3.05, 3.63) is 93.8 Å². The fourth-order valence-corrected chi connectivity index (χ4v) is 4.54. The van der Waals surface area contributed by atoms with Crippen LogP contribution in [0.3, 0.4) is 0 Å². The number of anilines is 2. The molecule has 36 heavy (non-hydrogen) atoms. The molecule has 5 rings (SSSR count). The highest BCUT2D eigenvalue weighted by molar-refractivity contribution is 6.03. The summed E-state index contributed by atoms with van der Waals surface area (Å²) in [7, 11) is 0. The fraction of sp³-hybridized carbons (Fsp3) is 0.207. The van der Waals surface area contributed by atoms with E-state index in [1.165, 1.54) is 24.8 Å². The number of fused-ring (bicyclic) bond motifs is 1. The number of nitrogens with one attached hydrogen (secondary N) is 2. The van der Waals surface area contributed by atoms with E-state index in [-0.39, 0.29) is 11.4 Å². The van der Waals surface area contributed by atoms with Crippen molar-refractivity contribution >= 4 is 34.0 Å². The number of nitrogens with zero attached hydrogens (tertiary/aromatic N) is 3. The third kappa shape index (κ3) is 5.29. The zero-order chi connectivity index (χ0) is 24.9. The molecular formula is C29H27N5O2. The van der Waals surface area contributed by atoms with Crippen molar-refractivity contribution < 1.29 is 5.11 Å². The van der Waals surface area contributed by atoms with Gasteiger partial charge in [-0.2, -0.15) is 5.26 Å². The van der Waals surface area contributed by atoms with Crippen molar-refractivity contribution in [2.24, 2.45) is 4.99 Å². The van der Waals surface area contributed by atoms with Gasteiger partial charge >= 0.3 is 0 Å². The Hall–Kier alpha value is -4.41. The number of hydrogen-bond acceptors (Lipinski definition) is 6. The Bertz CT molecular complexity index is 1490. The molecule has 7 nitrogen and oxygen atoms in total. The number of aromatic hydroxyl groups is 1. The van der Waals surface area contributed by atoms with Crippen LogP contribution in [0, 0.1) is 11.3 Å². The molecule has 3 N–H and O–H groups in total. The number of benzene rings is 3. The van der Waals surface area contributed by atoms with Gasteiger partial charge in [0, 0.05) is 34.9 Å². The van der Waals surface area contributed by atoms with Gasteiger partial charge < -0.3 is 10.4 Å². The highest BCUT2D eigenvalue weighted by atomic mass is 16.3. The number of aliphatic imine (C=N–C) groups is 1. The quantitative estimate of drug-likeness (QED) is 0.314. The largest absolute Gasteiger partial charge is 0.494 e. The molecule has 0 aliphatic carbocycles. The third-order valence-corrected chi connectivity index (χ3v) is 6.48. The minimum Gasteiger partial charge on any atom is -0.494 e. The van der Waals surface area contributed by atoms with Gasteiger partial charge in [0.15, 0.2) is 0 Å². The van der Waals surface area contributed by atoms with E-state index in [9.17, 15) is 9.90 Å². The SMILES string of the molecule is N#Cc1ccc(Nc2ccc3c(=O)[nH]c(O)c(C=Nc4ccc(CN5CCCCC5)cc4)c3c2)cc1. The van der Waals surface area contributed by atoms with Crippen molar-refractivity contribution in [1.29, 1.82) is 5.26 Å². The molecule has 4 aromatic rings. The Labute approximate surface area is 209 Å². The summed E-state index contributed by atoms with van der Waals surface area (Å²) >= 11 is 0. The van der Waals surface area contributed by atoms with Crippen molar-refractivity contribution in [2.45, 2.75) is 25.8 Å². The smallest absolute Gasteiger partial charge is 0.258 e. The van der Waals surface area contributed by atoms with E-state index in [1.807, 2.05) is 30.3 Å². The van der Waals surface area contributed by atoms with E-state index in [4.69, 9.17) is 5.26 Å². The zero-order valence-corrected chi connectivity index (χ0v) is 19.9. The van der Waals surface area contributed by atoms with Gasteiger partial charge in [-0.25, -0.2) is 0 Å². The Morgan fingerprint density at radius 1 is 0.972 bits per heavy atom. The topological polar surface area (TPSA) is 105 Å². The van der Waals surface area contributed by atoms with Crippen LogP contribution in [0.25, 0.3) is 10.8 Å². The first-order valence-corrected chi connectivity index (χ1v) is 12.1. The summed E-state index contributed by atoms with van der Waals surface area (Å²) in [6.45, 7) is 3.26. The van der Waals surface area contributed by atoms with Crippen LogP contribution in [0.5, 0.6) is 5.88 Å². The number of piperidine rings is 1. The Morgan fingerprint density at radius 3 is 2.42 bits per heavy atom. The van der Waals surface area contributed by atoms with Crippen molar-refractivity contribution in [3.63, 3.8) is 0 Å². The predicted molar refractivity (Wildman–Crippen MR) is 143 cm³/mol. The van der Waals surface area contributed by atoms with Gasteiger partial charge in [0.1, 0.15) is 0 Å². The van der Waals surface area contributed by atoms with Crippen molar-refractivity contribution in [3.8, 4) is 11.9 Å². The summed E-state index contributed by atoms with van der Waals surface area (Å²) in [6, 6.07) is 22.6. The molecular weight excluding hydrogens is 450 g/mol. The number of aromatic amines is 1. The molecule has 1 fully saturated rings. The van der Waals surface area contributed by atoms with Gasteiger partial charge in [0.2, 0.25) is 5.88 Å². The molecule has 0 amide bonds. The maximum Gasteiger partial charge on any atom is 0.258 e. The van der Waals surface area contributed by atoms with Crippen LogP contribution in [0.2, 0.25) is 0 Å². The second kappa shape index (κ2) is 10.5. The molecule has 1 aliphatic rings. The van der Waals surface area contributed by atoms with Crippen LogP contribution in [0.15, 0.2) is 76.5 Å². The highest BCUT2D eigenvalue weighted by Gasteiger charge is 2.12. The van der Waals surface area contributed by atoms with Crippen molar-refractivity contribution in [2.75, 3.05) is 18.4 Å². The highest BCUT2D eigenvalue weighted by Crippen LogP contribution is 2.27. The van der Waals surface area contributed by atoms with Crippen LogP contribution in [0.1, 0.15) is 36.0 Å². The lowest BCUT2D eigenvalue weighted by Gasteiger charge is -2.26. The maximum atomic E-state index is 12.5. The molecule has 0 saturated carbocycles. The van der Waals surface area contributed by atoms with Gasteiger partial charge in [-0.3, -0.25) is 19.7 Å². The van der Waals surface area contributed by atoms with E-state index in [2.05, 4.69) is 38.4 Å². The minimum absolute atomic E-state index is 0.228. The van der Waals surface area contributed by atoms with Crippen LogP contribution < -0.4 is 10.9 Å². The first-order chi connectivity index (χ1) is 17.6. The number of likely N-dealkylation sites (tertiary alicyclic amines) is 1. The molecule has 180 valence electrons. The summed E-state index contributed by atoms with van der Waals surface area (Å²) in [5.74, 6) is -0.228. The first kappa shape index (κ1) is 23.3. The van der Waals surface area contributed by atoms with E-state index in [0.717, 1.165) is 36.7 Å².